The van der Waals surface area contributed by atoms with Gasteiger partial charge in [-0.3, -0.25) is 9.59 Å². The molecule has 26 heavy (non-hydrogen) atoms. The summed E-state index contributed by atoms with van der Waals surface area (Å²) in [5.74, 6) is -1.19. The molecule has 2 aromatic carbocycles. The fourth-order valence-electron chi connectivity index (χ4n) is 2.47. The maximum Gasteiger partial charge on any atom is 0.573 e. The van der Waals surface area contributed by atoms with Crippen molar-refractivity contribution in [2.45, 2.75) is 18.8 Å². The van der Waals surface area contributed by atoms with Crippen molar-refractivity contribution in [3.05, 3.63) is 48.5 Å². The minimum absolute atomic E-state index is 0.138. The molecule has 1 heterocycles. The molecular formula is C17H14F3N3O3. The van der Waals surface area contributed by atoms with Crippen LogP contribution in [0.4, 0.5) is 30.2 Å². The third-order valence-electron chi connectivity index (χ3n) is 3.59. The number of fused-ring (bicyclic) bond motifs is 1. The Morgan fingerprint density at radius 2 is 1.73 bits per heavy atom. The van der Waals surface area contributed by atoms with E-state index in [9.17, 15) is 22.8 Å². The first-order valence-electron chi connectivity index (χ1n) is 7.62. The van der Waals surface area contributed by atoms with Crippen LogP contribution in [0.2, 0.25) is 0 Å². The quantitative estimate of drug-likeness (QED) is 0.776. The molecule has 1 aliphatic heterocycles. The van der Waals surface area contributed by atoms with Gasteiger partial charge in [-0.1, -0.05) is 12.1 Å². The molecule has 1 aliphatic rings. The summed E-state index contributed by atoms with van der Waals surface area (Å²) in [7, 11) is 0. The van der Waals surface area contributed by atoms with Gasteiger partial charge in [0.2, 0.25) is 11.8 Å². The van der Waals surface area contributed by atoms with E-state index >= 15 is 0 Å². The topological polar surface area (TPSA) is 79.5 Å². The lowest BCUT2D eigenvalue weighted by Crippen LogP contribution is -2.41. The summed E-state index contributed by atoms with van der Waals surface area (Å²) in [6, 6.07) is 11.1. The van der Waals surface area contributed by atoms with Crippen LogP contribution in [-0.4, -0.2) is 24.2 Å². The Morgan fingerprint density at radius 1 is 1.08 bits per heavy atom. The van der Waals surface area contributed by atoms with E-state index in [1.165, 1.54) is 12.1 Å². The molecule has 0 saturated carbocycles. The van der Waals surface area contributed by atoms with Crippen LogP contribution in [0.1, 0.15) is 6.42 Å². The fourth-order valence-corrected chi connectivity index (χ4v) is 2.47. The normalized spacial score (nSPS) is 16.1. The first-order valence-corrected chi connectivity index (χ1v) is 7.62. The Labute approximate surface area is 146 Å². The molecule has 136 valence electrons. The predicted molar refractivity (Wildman–Crippen MR) is 88.9 cm³/mol. The second-order valence-electron chi connectivity index (χ2n) is 5.56. The molecule has 2 aromatic rings. The highest BCUT2D eigenvalue weighted by Gasteiger charge is 2.31. The molecule has 3 rings (SSSR count). The van der Waals surface area contributed by atoms with Gasteiger partial charge in [0.05, 0.1) is 17.8 Å². The van der Waals surface area contributed by atoms with Gasteiger partial charge in [-0.2, -0.15) is 0 Å². The van der Waals surface area contributed by atoms with Crippen LogP contribution in [0.5, 0.6) is 5.75 Å². The van der Waals surface area contributed by atoms with Gasteiger partial charge in [0, 0.05) is 5.69 Å². The Kier molecular flexibility index (Phi) is 4.70. The lowest BCUT2D eigenvalue weighted by molar-refractivity contribution is -0.274. The van der Waals surface area contributed by atoms with Gasteiger partial charge in [0.15, 0.2) is 0 Å². The largest absolute Gasteiger partial charge is 0.573 e. The molecule has 0 saturated heterocycles. The van der Waals surface area contributed by atoms with Gasteiger partial charge < -0.3 is 20.7 Å². The molecule has 6 nitrogen and oxygen atoms in total. The second-order valence-corrected chi connectivity index (χ2v) is 5.56. The highest BCUT2D eigenvalue weighted by molar-refractivity contribution is 6.06. The molecule has 2 amide bonds. The number of anilines is 3. The van der Waals surface area contributed by atoms with Crippen LogP contribution in [-0.2, 0) is 9.59 Å². The zero-order chi connectivity index (χ0) is 18.7. The maximum absolute atomic E-state index is 12.1. The maximum atomic E-state index is 12.1. The summed E-state index contributed by atoms with van der Waals surface area (Å²) >= 11 is 0. The van der Waals surface area contributed by atoms with E-state index in [1.54, 1.807) is 24.3 Å². The number of alkyl halides is 3. The third kappa shape index (κ3) is 4.44. The van der Waals surface area contributed by atoms with Crippen LogP contribution in [0.15, 0.2) is 48.5 Å². The molecule has 0 aliphatic carbocycles. The molecular weight excluding hydrogens is 351 g/mol. The van der Waals surface area contributed by atoms with Gasteiger partial charge in [-0.15, -0.1) is 13.2 Å². The Bertz CT molecular complexity index is 822. The highest BCUT2D eigenvalue weighted by Crippen LogP contribution is 2.27. The van der Waals surface area contributed by atoms with E-state index in [0.29, 0.717) is 17.1 Å². The van der Waals surface area contributed by atoms with Crippen molar-refractivity contribution >= 4 is 28.9 Å². The molecule has 0 unspecified atom stereocenters. The number of carbonyl (C=O) groups excluding carboxylic acids is 2. The van der Waals surface area contributed by atoms with E-state index in [1.807, 2.05) is 0 Å². The van der Waals surface area contributed by atoms with Crippen molar-refractivity contribution in [3.8, 4) is 5.75 Å². The van der Waals surface area contributed by atoms with Crippen LogP contribution < -0.4 is 20.7 Å². The number of para-hydroxylation sites is 2. The number of amides is 2. The summed E-state index contributed by atoms with van der Waals surface area (Å²) in [4.78, 5) is 24.2. The van der Waals surface area contributed by atoms with Crippen molar-refractivity contribution in [1.82, 2.24) is 0 Å². The van der Waals surface area contributed by atoms with Crippen LogP contribution in [0.3, 0.4) is 0 Å². The van der Waals surface area contributed by atoms with Crippen molar-refractivity contribution in [3.63, 3.8) is 0 Å². The molecule has 0 fully saturated rings. The Balaban J connectivity index is 1.58. The summed E-state index contributed by atoms with van der Waals surface area (Å²) < 4.78 is 40.1. The number of hydrogen-bond donors (Lipinski definition) is 3. The van der Waals surface area contributed by atoms with E-state index < -0.39 is 18.3 Å². The standard InChI is InChI=1S/C17H14F3N3O3/c18-17(19,20)26-11-7-5-10(6-8-11)21-15(24)9-14-16(25)23-13-4-2-1-3-12(13)22-14/h1-8,14,22H,9H2,(H,21,24)(H,23,25)/t14-/m1/s1. The molecule has 0 spiro atoms. The monoisotopic (exact) mass is 365 g/mol. The number of halogens is 3. The number of carbonyl (C=O) groups is 2. The Hall–Kier alpha value is -3.23. The average molecular weight is 365 g/mol. The van der Waals surface area contributed by atoms with Crippen molar-refractivity contribution in [2.24, 2.45) is 0 Å². The molecule has 1 atom stereocenters. The number of hydrogen-bond acceptors (Lipinski definition) is 4. The zero-order valence-corrected chi connectivity index (χ0v) is 13.3. The van der Waals surface area contributed by atoms with Gasteiger partial charge in [-0.05, 0) is 36.4 Å². The fraction of sp³-hybridized carbons (Fsp3) is 0.176. The van der Waals surface area contributed by atoms with E-state index in [-0.39, 0.29) is 18.1 Å². The first kappa shape index (κ1) is 17.6. The Morgan fingerprint density at radius 3 is 2.38 bits per heavy atom. The second kappa shape index (κ2) is 6.95. The van der Waals surface area contributed by atoms with E-state index in [0.717, 1.165) is 12.1 Å². The number of ether oxygens (including phenoxy) is 1. The number of rotatable bonds is 4. The van der Waals surface area contributed by atoms with Crippen molar-refractivity contribution < 1.29 is 27.5 Å². The number of nitrogens with one attached hydrogen (secondary N) is 3. The van der Waals surface area contributed by atoms with Crippen molar-refractivity contribution in [2.75, 3.05) is 16.0 Å². The molecule has 0 aromatic heterocycles. The molecule has 3 N–H and O–H groups in total. The summed E-state index contributed by atoms with van der Waals surface area (Å²) in [6.45, 7) is 0. The predicted octanol–water partition coefficient (Wildman–Crippen LogP) is 3.35. The van der Waals surface area contributed by atoms with Crippen LogP contribution >= 0.6 is 0 Å². The summed E-state index contributed by atoms with van der Waals surface area (Å²) in [6.07, 6.45) is -4.91. The van der Waals surface area contributed by atoms with Crippen LogP contribution in [0.25, 0.3) is 0 Å². The lowest BCUT2D eigenvalue weighted by atomic mass is 10.1. The SMILES string of the molecule is O=C(C[C@H]1Nc2ccccc2NC1=O)Nc1ccc(OC(F)(F)F)cc1. The van der Waals surface area contributed by atoms with Crippen LogP contribution in [0, 0.1) is 0 Å². The lowest BCUT2D eigenvalue weighted by Gasteiger charge is -2.26. The van der Waals surface area contributed by atoms with Crippen molar-refractivity contribution in [1.29, 1.82) is 0 Å². The smallest absolute Gasteiger partial charge is 0.406 e. The average Bonchev–Trinajstić information content (AvgIpc) is 2.56. The molecule has 0 radical (unpaired) electrons. The first-order chi connectivity index (χ1) is 12.3. The minimum atomic E-state index is -4.78. The van der Waals surface area contributed by atoms with Gasteiger partial charge >= 0.3 is 6.36 Å². The van der Waals surface area contributed by atoms with E-state index in [4.69, 9.17) is 0 Å². The number of benzene rings is 2. The third-order valence-corrected chi connectivity index (χ3v) is 3.59. The summed E-state index contributed by atoms with van der Waals surface area (Å²) in [5, 5.41) is 8.21. The zero-order valence-electron chi connectivity index (χ0n) is 13.3. The molecule has 0 bridgehead atoms. The van der Waals surface area contributed by atoms with E-state index in [2.05, 4.69) is 20.7 Å². The van der Waals surface area contributed by atoms with Gasteiger partial charge in [0.1, 0.15) is 11.8 Å². The molecule has 9 heteroatoms. The van der Waals surface area contributed by atoms with Gasteiger partial charge in [-0.25, -0.2) is 0 Å². The van der Waals surface area contributed by atoms with Gasteiger partial charge in [0.25, 0.3) is 0 Å². The highest BCUT2D eigenvalue weighted by atomic mass is 19.4. The minimum Gasteiger partial charge on any atom is -0.406 e. The summed E-state index contributed by atoms with van der Waals surface area (Å²) in [5.41, 5.74) is 1.63.